The van der Waals surface area contributed by atoms with Gasteiger partial charge in [0.15, 0.2) is 6.61 Å². The van der Waals surface area contributed by atoms with Crippen LogP contribution < -0.4 is 4.74 Å². The lowest BCUT2D eigenvalue weighted by atomic mass is 10.1. The van der Waals surface area contributed by atoms with Crippen LogP contribution in [-0.2, 0) is 18.6 Å². The minimum absolute atomic E-state index is 0.0388. The number of benzene rings is 2. The van der Waals surface area contributed by atoms with Crippen molar-refractivity contribution in [3.63, 3.8) is 0 Å². The second-order valence-electron chi connectivity index (χ2n) is 4.20. The van der Waals surface area contributed by atoms with Crippen LogP contribution in [0.3, 0.4) is 0 Å². The average Bonchev–Trinajstić information content (AvgIpc) is 2.43. The van der Waals surface area contributed by atoms with Gasteiger partial charge in [-0.25, -0.2) is 13.2 Å². The first-order valence-electron chi connectivity index (χ1n) is 6.17. The average molecular weight is 329 g/mol. The summed E-state index contributed by atoms with van der Waals surface area (Å²) in [6, 6.07) is 9.57. The summed E-state index contributed by atoms with van der Waals surface area (Å²) in [5.74, 6) is 0.0539. The van der Waals surface area contributed by atoms with Gasteiger partial charge in [-0.05, 0) is 42.0 Å². The largest absolute Gasteiger partial charge is 0.482 e. The van der Waals surface area contributed by atoms with Crippen LogP contribution in [0.5, 0.6) is 5.75 Å². The van der Waals surface area contributed by atoms with Crippen molar-refractivity contribution in [3.05, 3.63) is 36.4 Å². The third-order valence-electron chi connectivity index (χ3n) is 2.73. The van der Waals surface area contributed by atoms with E-state index < -0.39 is 15.0 Å². The molecule has 112 valence electrons. The molecule has 0 atom stereocenters. The number of hydrogen-bond acceptors (Lipinski definition) is 5. The van der Waals surface area contributed by atoms with Gasteiger partial charge in [0.1, 0.15) is 5.75 Å². The monoisotopic (exact) mass is 328 g/mol. The van der Waals surface area contributed by atoms with Gasteiger partial charge in [0, 0.05) is 10.7 Å². The molecule has 7 heteroatoms. The number of rotatable bonds is 5. The molecule has 21 heavy (non-hydrogen) atoms. The fourth-order valence-electron chi connectivity index (χ4n) is 1.79. The Hall–Kier alpha value is -1.79. The van der Waals surface area contributed by atoms with Gasteiger partial charge < -0.3 is 9.47 Å². The summed E-state index contributed by atoms with van der Waals surface area (Å²) in [6.45, 7) is 1.85. The highest BCUT2D eigenvalue weighted by Gasteiger charge is 2.10. The van der Waals surface area contributed by atoms with Gasteiger partial charge in [0.2, 0.25) is 0 Å². The van der Waals surface area contributed by atoms with Gasteiger partial charge in [-0.1, -0.05) is 12.1 Å². The number of carbonyl (C=O) groups excluding carboxylic acids is 1. The van der Waals surface area contributed by atoms with E-state index in [2.05, 4.69) is 0 Å². The molecule has 0 heterocycles. The van der Waals surface area contributed by atoms with Crippen LogP contribution in [0.4, 0.5) is 0 Å². The Morgan fingerprint density at radius 3 is 2.48 bits per heavy atom. The van der Waals surface area contributed by atoms with Crippen molar-refractivity contribution in [2.75, 3.05) is 13.2 Å². The molecule has 0 saturated carbocycles. The fraction of sp³-hybridized carbons (Fsp3) is 0.214. The highest BCUT2D eigenvalue weighted by atomic mass is 35.7. The van der Waals surface area contributed by atoms with E-state index in [-0.39, 0.29) is 11.5 Å². The summed E-state index contributed by atoms with van der Waals surface area (Å²) >= 11 is 0. The van der Waals surface area contributed by atoms with Crippen LogP contribution in [0, 0.1) is 0 Å². The summed E-state index contributed by atoms with van der Waals surface area (Å²) in [4.78, 5) is 11.2. The molecule has 5 nitrogen and oxygen atoms in total. The number of ether oxygens (including phenoxy) is 2. The number of halogens is 1. The second kappa shape index (κ2) is 6.32. The van der Waals surface area contributed by atoms with Gasteiger partial charge in [-0.3, -0.25) is 0 Å². The van der Waals surface area contributed by atoms with Crippen LogP contribution in [0.2, 0.25) is 0 Å². The summed E-state index contributed by atoms with van der Waals surface area (Å²) in [7, 11) is 1.55. The number of carbonyl (C=O) groups is 1. The smallest absolute Gasteiger partial charge is 0.344 e. The first kappa shape index (κ1) is 15.6. The molecule has 0 bridgehead atoms. The lowest BCUT2D eigenvalue weighted by molar-refractivity contribution is -0.145. The van der Waals surface area contributed by atoms with Gasteiger partial charge in [-0.2, -0.15) is 0 Å². The van der Waals surface area contributed by atoms with Crippen molar-refractivity contribution in [2.45, 2.75) is 11.8 Å². The van der Waals surface area contributed by atoms with Crippen molar-refractivity contribution in [1.29, 1.82) is 0 Å². The molecule has 0 fully saturated rings. The minimum atomic E-state index is -3.75. The van der Waals surface area contributed by atoms with Crippen LogP contribution in [-0.4, -0.2) is 27.6 Å². The number of hydrogen-bond donors (Lipinski definition) is 0. The van der Waals surface area contributed by atoms with Gasteiger partial charge in [0.25, 0.3) is 9.05 Å². The quantitative estimate of drug-likeness (QED) is 0.623. The molecule has 0 amide bonds. The Morgan fingerprint density at radius 1 is 1.14 bits per heavy atom. The van der Waals surface area contributed by atoms with E-state index in [1.54, 1.807) is 31.2 Å². The predicted molar refractivity (Wildman–Crippen MR) is 79.1 cm³/mol. The lowest BCUT2D eigenvalue weighted by Crippen LogP contribution is -2.14. The molecule has 2 aromatic rings. The Morgan fingerprint density at radius 2 is 1.81 bits per heavy atom. The Balaban J connectivity index is 2.21. The minimum Gasteiger partial charge on any atom is -0.482 e. The zero-order valence-corrected chi connectivity index (χ0v) is 12.8. The van der Waals surface area contributed by atoms with Crippen LogP contribution in [0.1, 0.15) is 6.92 Å². The molecule has 0 saturated heterocycles. The fourth-order valence-corrected chi connectivity index (χ4v) is 2.57. The van der Waals surface area contributed by atoms with Crippen molar-refractivity contribution in [1.82, 2.24) is 0 Å². The predicted octanol–water partition coefficient (Wildman–Crippen LogP) is 2.71. The van der Waals surface area contributed by atoms with Crippen molar-refractivity contribution < 1.29 is 22.7 Å². The summed E-state index contributed by atoms with van der Waals surface area (Å²) < 4.78 is 32.6. The van der Waals surface area contributed by atoms with E-state index in [4.69, 9.17) is 20.2 Å². The number of esters is 1. The molecule has 0 unspecified atom stereocenters. The van der Waals surface area contributed by atoms with Crippen LogP contribution in [0.25, 0.3) is 10.8 Å². The van der Waals surface area contributed by atoms with Crippen molar-refractivity contribution in [2.24, 2.45) is 0 Å². The SMILES string of the molecule is CCOC(=O)COc1ccc2cc(S(=O)(=O)Cl)ccc2c1. The van der Waals surface area contributed by atoms with Crippen LogP contribution >= 0.6 is 10.7 Å². The first-order chi connectivity index (χ1) is 9.90. The molecule has 0 spiro atoms. The molecule has 2 rings (SSSR count). The molecule has 2 aromatic carbocycles. The normalized spacial score (nSPS) is 11.3. The Bertz CT molecular complexity index is 770. The maximum atomic E-state index is 11.3. The molecular weight excluding hydrogens is 316 g/mol. The van der Waals surface area contributed by atoms with E-state index in [1.165, 1.54) is 12.1 Å². The van der Waals surface area contributed by atoms with E-state index >= 15 is 0 Å². The maximum Gasteiger partial charge on any atom is 0.344 e. The first-order valence-corrected chi connectivity index (χ1v) is 8.48. The molecular formula is C14H13ClO5S. The third kappa shape index (κ3) is 4.09. The van der Waals surface area contributed by atoms with E-state index in [9.17, 15) is 13.2 Å². The van der Waals surface area contributed by atoms with E-state index in [0.717, 1.165) is 5.39 Å². The molecule has 0 aliphatic carbocycles. The topological polar surface area (TPSA) is 69.7 Å². The summed E-state index contributed by atoms with van der Waals surface area (Å²) in [5.41, 5.74) is 0. The Labute approximate surface area is 126 Å². The molecule has 0 N–H and O–H groups in total. The molecule has 0 aliphatic heterocycles. The second-order valence-corrected chi connectivity index (χ2v) is 6.77. The van der Waals surface area contributed by atoms with Gasteiger partial charge in [-0.15, -0.1) is 0 Å². The van der Waals surface area contributed by atoms with Gasteiger partial charge >= 0.3 is 5.97 Å². The number of fused-ring (bicyclic) bond motifs is 1. The van der Waals surface area contributed by atoms with Crippen molar-refractivity contribution >= 4 is 36.5 Å². The van der Waals surface area contributed by atoms with Gasteiger partial charge in [0.05, 0.1) is 11.5 Å². The zero-order chi connectivity index (χ0) is 15.5. The molecule has 0 radical (unpaired) electrons. The zero-order valence-electron chi connectivity index (χ0n) is 11.2. The maximum absolute atomic E-state index is 11.3. The Kier molecular flexibility index (Phi) is 4.69. The van der Waals surface area contributed by atoms with Crippen molar-refractivity contribution in [3.8, 4) is 5.75 Å². The third-order valence-corrected chi connectivity index (χ3v) is 4.08. The van der Waals surface area contributed by atoms with Crippen LogP contribution in [0.15, 0.2) is 41.3 Å². The molecule has 0 aromatic heterocycles. The van der Waals surface area contributed by atoms with E-state index in [0.29, 0.717) is 17.7 Å². The highest BCUT2D eigenvalue weighted by Crippen LogP contribution is 2.25. The summed E-state index contributed by atoms with van der Waals surface area (Å²) in [6.07, 6.45) is 0. The highest BCUT2D eigenvalue weighted by molar-refractivity contribution is 8.13. The molecule has 0 aliphatic rings. The standard InChI is InChI=1S/C14H13ClO5S/c1-2-19-14(16)9-20-12-5-3-11-8-13(21(15,17)18)6-4-10(11)7-12/h3-8H,2,9H2,1H3. The lowest BCUT2D eigenvalue weighted by Gasteiger charge is -2.07. The van der Waals surface area contributed by atoms with E-state index in [1.807, 2.05) is 0 Å². The summed E-state index contributed by atoms with van der Waals surface area (Å²) in [5, 5.41) is 1.49.